The highest BCUT2D eigenvalue weighted by Crippen LogP contribution is 2.42. The van der Waals surface area contributed by atoms with Crippen molar-refractivity contribution in [2.45, 2.75) is 57.4 Å². The Kier molecular flexibility index (Phi) is 4.53. The van der Waals surface area contributed by atoms with Crippen LogP contribution < -0.4 is 5.73 Å². The van der Waals surface area contributed by atoms with Gasteiger partial charge in [-0.2, -0.15) is 0 Å². The van der Waals surface area contributed by atoms with Gasteiger partial charge in [-0.05, 0) is 43.2 Å². The Bertz CT molecular complexity index is 511. The lowest BCUT2D eigenvalue weighted by atomic mass is 9.97. The zero-order valence-corrected chi connectivity index (χ0v) is 13.7. The molecule has 0 radical (unpaired) electrons. The maximum absolute atomic E-state index is 12.6. The Balaban J connectivity index is 1.58. The largest absolute Gasteiger partial charge is 0.342 e. The number of benzene rings is 1. The summed E-state index contributed by atoms with van der Waals surface area (Å²) in [5.74, 6) is 0.389. The Morgan fingerprint density at radius 1 is 1.14 bits per heavy atom. The van der Waals surface area contributed by atoms with Gasteiger partial charge >= 0.3 is 0 Å². The minimum Gasteiger partial charge on any atom is -0.342 e. The zero-order valence-electron chi connectivity index (χ0n) is 13.7. The first-order valence-corrected chi connectivity index (χ1v) is 8.76. The summed E-state index contributed by atoms with van der Waals surface area (Å²) < 4.78 is 0. The fourth-order valence-corrected chi connectivity index (χ4v) is 3.44. The average Bonchev–Trinajstić information content (AvgIpc) is 3.31. The second-order valence-corrected chi connectivity index (χ2v) is 7.20. The van der Waals surface area contributed by atoms with E-state index in [-0.39, 0.29) is 11.5 Å². The van der Waals surface area contributed by atoms with Gasteiger partial charge in [0.2, 0.25) is 5.91 Å². The molecule has 1 aliphatic heterocycles. The summed E-state index contributed by atoms with van der Waals surface area (Å²) >= 11 is 0. The van der Waals surface area contributed by atoms with Crippen molar-refractivity contribution < 1.29 is 4.79 Å². The second kappa shape index (κ2) is 6.41. The third kappa shape index (κ3) is 3.52. The molecular weight excluding hydrogens is 272 g/mol. The van der Waals surface area contributed by atoms with Crippen molar-refractivity contribution >= 4 is 5.91 Å². The molecule has 1 aliphatic carbocycles. The first-order chi connectivity index (χ1) is 10.6. The Labute approximate surface area is 133 Å². The maximum atomic E-state index is 12.6. The van der Waals surface area contributed by atoms with Crippen LogP contribution in [-0.4, -0.2) is 23.9 Å². The summed E-state index contributed by atoms with van der Waals surface area (Å²) in [6.45, 7) is 3.95. The van der Waals surface area contributed by atoms with Gasteiger partial charge in [-0.25, -0.2) is 0 Å². The van der Waals surface area contributed by atoms with E-state index < -0.39 is 0 Å². The van der Waals surface area contributed by atoms with Crippen molar-refractivity contribution in [2.75, 3.05) is 13.1 Å². The molecule has 2 fully saturated rings. The van der Waals surface area contributed by atoms with E-state index in [0.717, 1.165) is 45.2 Å². The molecule has 1 saturated carbocycles. The molecule has 0 bridgehead atoms. The highest BCUT2D eigenvalue weighted by atomic mass is 16.2. The van der Waals surface area contributed by atoms with Gasteiger partial charge in [-0.3, -0.25) is 4.79 Å². The highest BCUT2D eigenvalue weighted by Gasteiger charge is 2.39. The molecular formula is C19H28N2O. The van der Waals surface area contributed by atoms with Crippen LogP contribution in [0.15, 0.2) is 24.3 Å². The van der Waals surface area contributed by atoms with Gasteiger partial charge in [0.05, 0.1) is 0 Å². The van der Waals surface area contributed by atoms with Gasteiger partial charge in [-0.15, -0.1) is 0 Å². The molecule has 2 aliphatic rings. The predicted molar refractivity (Wildman–Crippen MR) is 89.5 cm³/mol. The number of amides is 1. The van der Waals surface area contributed by atoms with Gasteiger partial charge < -0.3 is 10.6 Å². The van der Waals surface area contributed by atoms with Crippen LogP contribution in [0.5, 0.6) is 0 Å². The zero-order chi connectivity index (χ0) is 15.6. The lowest BCUT2D eigenvalue weighted by Gasteiger charge is -2.24. The molecule has 1 amide bonds. The Morgan fingerprint density at radius 2 is 1.73 bits per heavy atom. The number of likely N-dealkylation sites (tertiary alicyclic amines) is 1. The Morgan fingerprint density at radius 3 is 2.27 bits per heavy atom. The lowest BCUT2D eigenvalue weighted by molar-refractivity contribution is -0.134. The van der Waals surface area contributed by atoms with Gasteiger partial charge in [0.1, 0.15) is 0 Å². The molecule has 1 heterocycles. The van der Waals surface area contributed by atoms with E-state index in [2.05, 4.69) is 36.1 Å². The standard InChI is InChI=1S/C19H28N2O/c1-15(18(22)21-12-4-2-3-5-13-21)14-16-6-8-17(9-7-16)19(20)10-11-19/h6-9,15H,2-5,10-14,20H2,1H3. The van der Waals surface area contributed by atoms with Crippen LogP contribution in [0.1, 0.15) is 56.6 Å². The minimum absolute atomic E-state index is 0.0635. The number of carbonyl (C=O) groups excluding carboxylic acids is 1. The molecule has 3 rings (SSSR count). The summed E-state index contributed by atoms with van der Waals surface area (Å²) in [6, 6.07) is 8.58. The normalized spacial score (nSPS) is 22.0. The van der Waals surface area contributed by atoms with E-state index in [1.165, 1.54) is 24.0 Å². The fourth-order valence-electron chi connectivity index (χ4n) is 3.44. The minimum atomic E-state index is -0.0635. The fraction of sp³-hybridized carbons (Fsp3) is 0.632. The van der Waals surface area contributed by atoms with E-state index in [1.54, 1.807) is 0 Å². The van der Waals surface area contributed by atoms with E-state index in [1.807, 2.05) is 0 Å². The number of nitrogens with zero attached hydrogens (tertiary/aromatic N) is 1. The van der Waals surface area contributed by atoms with Crippen molar-refractivity contribution in [2.24, 2.45) is 11.7 Å². The number of hydrogen-bond donors (Lipinski definition) is 1. The molecule has 0 spiro atoms. The van der Waals surface area contributed by atoms with E-state index in [4.69, 9.17) is 5.73 Å². The van der Waals surface area contributed by atoms with Crippen LogP contribution in [-0.2, 0) is 16.8 Å². The number of nitrogens with two attached hydrogens (primary N) is 1. The molecule has 22 heavy (non-hydrogen) atoms. The molecule has 2 N–H and O–H groups in total. The van der Waals surface area contributed by atoms with Crippen molar-refractivity contribution in [3.8, 4) is 0 Å². The molecule has 3 nitrogen and oxygen atoms in total. The maximum Gasteiger partial charge on any atom is 0.225 e. The Hall–Kier alpha value is -1.35. The summed E-state index contributed by atoms with van der Waals surface area (Å²) in [5, 5.41) is 0. The number of rotatable bonds is 4. The van der Waals surface area contributed by atoms with Crippen LogP contribution in [0.4, 0.5) is 0 Å². The molecule has 1 saturated heterocycles. The predicted octanol–water partition coefficient (Wildman–Crippen LogP) is 3.22. The molecule has 0 aromatic heterocycles. The van der Waals surface area contributed by atoms with Gasteiger partial charge in [-0.1, -0.05) is 44.0 Å². The van der Waals surface area contributed by atoms with Crippen molar-refractivity contribution in [3.05, 3.63) is 35.4 Å². The monoisotopic (exact) mass is 300 g/mol. The van der Waals surface area contributed by atoms with Crippen molar-refractivity contribution in [1.29, 1.82) is 0 Å². The first-order valence-electron chi connectivity index (χ1n) is 8.76. The molecule has 120 valence electrons. The van der Waals surface area contributed by atoms with Gasteiger partial charge in [0.25, 0.3) is 0 Å². The first kappa shape index (κ1) is 15.5. The number of carbonyl (C=O) groups is 1. The summed E-state index contributed by atoms with van der Waals surface area (Å²) in [6.07, 6.45) is 7.86. The van der Waals surface area contributed by atoms with E-state index in [9.17, 15) is 4.79 Å². The molecule has 1 aromatic rings. The summed E-state index contributed by atoms with van der Waals surface area (Å²) in [7, 11) is 0. The van der Waals surface area contributed by atoms with Crippen LogP contribution >= 0.6 is 0 Å². The molecule has 1 atom stereocenters. The SMILES string of the molecule is CC(Cc1ccc(C2(N)CC2)cc1)C(=O)N1CCCCCC1. The summed E-state index contributed by atoms with van der Waals surface area (Å²) in [4.78, 5) is 14.7. The van der Waals surface area contributed by atoms with Gasteiger partial charge in [0.15, 0.2) is 0 Å². The third-order valence-corrected chi connectivity index (χ3v) is 5.20. The van der Waals surface area contributed by atoms with Crippen LogP contribution in [0, 0.1) is 5.92 Å². The lowest BCUT2D eigenvalue weighted by Crippen LogP contribution is -2.36. The van der Waals surface area contributed by atoms with E-state index in [0.29, 0.717) is 5.91 Å². The van der Waals surface area contributed by atoms with Crippen molar-refractivity contribution in [3.63, 3.8) is 0 Å². The smallest absolute Gasteiger partial charge is 0.225 e. The van der Waals surface area contributed by atoms with E-state index >= 15 is 0 Å². The highest BCUT2D eigenvalue weighted by molar-refractivity contribution is 5.78. The molecule has 1 aromatic carbocycles. The molecule has 3 heteroatoms. The quantitative estimate of drug-likeness (QED) is 0.928. The van der Waals surface area contributed by atoms with Gasteiger partial charge in [0, 0.05) is 24.5 Å². The van der Waals surface area contributed by atoms with Crippen LogP contribution in [0.25, 0.3) is 0 Å². The second-order valence-electron chi connectivity index (χ2n) is 7.20. The van der Waals surface area contributed by atoms with Crippen LogP contribution in [0.3, 0.4) is 0 Å². The topological polar surface area (TPSA) is 46.3 Å². The third-order valence-electron chi connectivity index (χ3n) is 5.20. The molecule has 1 unspecified atom stereocenters. The summed E-state index contributed by atoms with van der Waals surface area (Å²) in [5.41, 5.74) is 8.63. The van der Waals surface area contributed by atoms with Crippen LogP contribution in [0.2, 0.25) is 0 Å². The average molecular weight is 300 g/mol. The van der Waals surface area contributed by atoms with Crippen molar-refractivity contribution in [1.82, 2.24) is 4.90 Å². The number of hydrogen-bond acceptors (Lipinski definition) is 2.